The van der Waals surface area contributed by atoms with E-state index in [1.54, 1.807) is 48.0 Å². The number of aromatic nitrogens is 4. The molecule has 10 nitrogen and oxygen atoms in total. The minimum absolute atomic E-state index is 0.138. The summed E-state index contributed by atoms with van der Waals surface area (Å²) in [6.45, 7) is 3.33. The third kappa shape index (κ3) is 5.01. The highest BCUT2D eigenvalue weighted by Gasteiger charge is 2.26. The Morgan fingerprint density at radius 1 is 1.12 bits per heavy atom. The molecule has 0 spiro atoms. The maximum Gasteiger partial charge on any atom is 0.243 e. The van der Waals surface area contributed by atoms with Crippen LogP contribution in [0.2, 0.25) is 0 Å². The third-order valence-electron chi connectivity index (χ3n) is 5.17. The van der Waals surface area contributed by atoms with Crippen molar-refractivity contribution in [2.24, 2.45) is 0 Å². The maximum absolute atomic E-state index is 12.7. The van der Waals surface area contributed by atoms with Crippen molar-refractivity contribution >= 4 is 21.6 Å². The number of sulfonamides is 1. The Balaban J connectivity index is 1.34. The van der Waals surface area contributed by atoms with E-state index in [-0.39, 0.29) is 17.2 Å². The Kier molecular flexibility index (Phi) is 6.58. The number of hydrogen-bond donors (Lipinski definition) is 1. The molecule has 0 aliphatic carbocycles. The largest absolute Gasteiger partial charge is 0.379 e. The van der Waals surface area contributed by atoms with E-state index in [1.807, 2.05) is 12.1 Å². The number of carbonyl (C=O) groups is 1. The van der Waals surface area contributed by atoms with Crippen molar-refractivity contribution in [3.63, 3.8) is 0 Å². The SMILES string of the molecule is Cc1nnnn1-c1cccc(NC(=O)CCc2ccc(S(=O)(=O)N3CCOCC3)cc2)c1. The summed E-state index contributed by atoms with van der Waals surface area (Å²) in [4.78, 5) is 12.7. The van der Waals surface area contributed by atoms with Crippen LogP contribution < -0.4 is 5.32 Å². The first-order chi connectivity index (χ1) is 15.4. The van der Waals surface area contributed by atoms with Gasteiger partial charge >= 0.3 is 0 Å². The molecule has 0 bridgehead atoms. The van der Waals surface area contributed by atoms with Crippen molar-refractivity contribution in [3.8, 4) is 5.69 Å². The minimum Gasteiger partial charge on any atom is -0.379 e. The Morgan fingerprint density at radius 3 is 2.56 bits per heavy atom. The van der Waals surface area contributed by atoms with Gasteiger partial charge in [0.1, 0.15) is 0 Å². The first kappa shape index (κ1) is 22.1. The number of hydrogen-bond acceptors (Lipinski definition) is 7. The molecule has 0 radical (unpaired) electrons. The molecule has 1 aliphatic heterocycles. The summed E-state index contributed by atoms with van der Waals surface area (Å²) in [6, 6.07) is 14.0. The smallest absolute Gasteiger partial charge is 0.243 e. The average Bonchev–Trinajstić information content (AvgIpc) is 3.24. The fraction of sp³-hybridized carbons (Fsp3) is 0.333. The van der Waals surface area contributed by atoms with Gasteiger partial charge in [0.15, 0.2) is 5.82 Å². The van der Waals surface area contributed by atoms with E-state index >= 15 is 0 Å². The van der Waals surface area contributed by atoms with Crippen LogP contribution in [0.1, 0.15) is 17.8 Å². The number of aryl methyl sites for hydroxylation is 2. The van der Waals surface area contributed by atoms with Crippen molar-refractivity contribution in [2.45, 2.75) is 24.7 Å². The van der Waals surface area contributed by atoms with Gasteiger partial charge in [0.05, 0.1) is 23.8 Å². The molecule has 0 atom stereocenters. The number of carbonyl (C=O) groups excluding carboxylic acids is 1. The molecule has 1 saturated heterocycles. The molecule has 1 fully saturated rings. The van der Waals surface area contributed by atoms with E-state index in [4.69, 9.17) is 4.74 Å². The van der Waals surface area contributed by atoms with Gasteiger partial charge in [-0.1, -0.05) is 18.2 Å². The molecule has 0 unspecified atom stereocenters. The highest BCUT2D eigenvalue weighted by molar-refractivity contribution is 7.89. The molecule has 1 aliphatic rings. The molecule has 3 aromatic rings. The number of morpholine rings is 1. The molecule has 1 aromatic heterocycles. The molecule has 11 heteroatoms. The van der Waals surface area contributed by atoms with Crippen LogP contribution in [0.25, 0.3) is 5.69 Å². The summed E-state index contributed by atoms with van der Waals surface area (Å²) in [5.41, 5.74) is 2.29. The van der Waals surface area contributed by atoms with Crippen molar-refractivity contribution in [2.75, 3.05) is 31.6 Å². The van der Waals surface area contributed by atoms with E-state index in [0.717, 1.165) is 11.3 Å². The minimum atomic E-state index is -3.52. The fourth-order valence-corrected chi connectivity index (χ4v) is 4.84. The number of nitrogens with zero attached hydrogens (tertiary/aromatic N) is 5. The lowest BCUT2D eigenvalue weighted by atomic mass is 10.1. The summed E-state index contributed by atoms with van der Waals surface area (Å²) < 4.78 is 33.6. The summed E-state index contributed by atoms with van der Waals surface area (Å²) >= 11 is 0. The van der Waals surface area contributed by atoms with Crippen molar-refractivity contribution in [1.82, 2.24) is 24.5 Å². The van der Waals surface area contributed by atoms with Gasteiger partial charge in [-0.05, 0) is 59.7 Å². The van der Waals surface area contributed by atoms with Gasteiger partial charge in [-0.25, -0.2) is 8.42 Å². The second kappa shape index (κ2) is 9.55. The van der Waals surface area contributed by atoms with Gasteiger partial charge in [0.2, 0.25) is 15.9 Å². The van der Waals surface area contributed by atoms with Crippen molar-refractivity contribution < 1.29 is 17.9 Å². The van der Waals surface area contributed by atoms with E-state index in [1.165, 1.54) is 4.31 Å². The predicted octanol–water partition coefficient (Wildman–Crippen LogP) is 1.56. The number of anilines is 1. The van der Waals surface area contributed by atoms with Crippen LogP contribution in [0.3, 0.4) is 0 Å². The zero-order valence-corrected chi connectivity index (χ0v) is 18.5. The quantitative estimate of drug-likeness (QED) is 0.573. The summed E-state index contributed by atoms with van der Waals surface area (Å²) in [6.07, 6.45) is 0.763. The lowest BCUT2D eigenvalue weighted by molar-refractivity contribution is -0.116. The zero-order chi connectivity index (χ0) is 22.6. The number of ether oxygens (including phenoxy) is 1. The molecule has 32 heavy (non-hydrogen) atoms. The predicted molar refractivity (Wildman–Crippen MR) is 117 cm³/mol. The monoisotopic (exact) mass is 456 g/mol. The van der Waals surface area contributed by atoms with Crippen LogP contribution in [0.5, 0.6) is 0 Å². The van der Waals surface area contributed by atoms with Crippen LogP contribution in [-0.4, -0.2) is 65.1 Å². The molecule has 1 amide bonds. The number of benzene rings is 2. The normalized spacial score (nSPS) is 14.9. The first-order valence-electron chi connectivity index (χ1n) is 10.3. The third-order valence-corrected chi connectivity index (χ3v) is 7.08. The standard InChI is InChI=1S/C21H24N6O4S/c1-16-23-24-25-27(16)19-4-2-3-18(15-19)22-21(28)10-7-17-5-8-20(9-6-17)32(29,30)26-11-13-31-14-12-26/h2-6,8-9,15H,7,10-14H2,1H3,(H,22,28). The van der Waals surface area contributed by atoms with Crippen molar-refractivity contribution in [1.29, 1.82) is 0 Å². The van der Waals surface area contributed by atoms with Gasteiger partial charge in [-0.2, -0.15) is 8.99 Å². The molecule has 2 heterocycles. The molecular weight excluding hydrogens is 432 g/mol. The van der Waals surface area contributed by atoms with Gasteiger partial charge < -0.3 is 10.1 Å². The molecular formula is C21H24N6O4S. The second-order valence-electron chi connectivity index (χ2n) is 7.40. The van der Waals surface area contributed by atoms with Gasteiger partial charge in [0, 0.05) is 25.2 Å². The Labute approximate surface area is 186 Å². The van der Waals surface area contributed by atoms with Crippen LogP contribution in [0.4, 0.5) is 5.69 Å². The fourth-order valence-electron chi connectivity index (χ4n) is 3.43. The summed E-state index contributed by atoms with van der Waals surface area (Å²) in [7, 11) is -3.52. The summed E-state index contributed by atoms with van der Waals surface area (Å²) in [5, 5.41) is 14.3. The highest BCUT2D eigenvalue weighted by atomic mass is 32.2. The lowest BCUT2D eigenvalue weighted by Crippen LogP contribution is -2.40. The number of tetrazole rings is 1. The lowest BCUT2D eigenvalue weighted by Gasteiger charge is -2.26. The number of nitrogens with one attached hydrogen (secondary N) is 1. The second-order valence-corrected chi connectivity index (χ2v) is 9.33. The van der Waals surface area contributed by atoms with Crippen LogP contribution in [-0.2, 0) is 26.0 Å². The van der Waals surface area contributed by atoms with E-state index in [2.05, 4.69) is 20.8 Å². The number of rotatable bonds is 7. The van der Waals surface area contributed by atoms with Crippen LogP contribution in [0, 0.1) is 6.92 Å². The van der Waals surface area contributed by atoms with E-state index in [9.17, 15) is 13.2 Å². The molecule has 2 aromatic carbocycles. The summed E-state index contributed by atoms with van der Waals surface area (Å²) in [5.74, 6) is 0.508. The van der Waals surface area contributed by atoms with Crippen molar-refractivity contribution in [3.05, 3.63) is 59.9 Å². The van der Waals surface area contributed by atoms with E-state index in [0.29, 0.717) is 44.2 Å². The Morgan fingerprint density at radius 2 is 1.88 bits per heavy atom. The number of amides is 1. The van der Waals surface area contributed by atoms with Gasteiger partial charge in [-0.15, -0.1) is 5.10 Å². The average molecular weight is 457 g/mol. The highest BCUT2D eigenvalue weighted by Crippen LogP contribution is 2.19. The molecule has 1 N–H and O–H groups in total. The van der Waals surface area contributed by atoms with Crippen LogP contribution >= 0.6 is 0 Å². The maximum atomic E-state index is 12.7. The zero-order valence-electron chi connectivity index (χ0n) is 17.6. The Hall–Kier alpha value is -3.15. The van der Waals surface area contributed by atoms with Crippen LogP contribution in [0.15, 0.2) is 53.4 Å². The van der Waals surface area contributed by atoms with Gasteiger partial charge in [0.25, 0.3) is 0 Å². The molecule has 0 saturated carbocycles. The van der Waals surface area contributed by atoms with E-state index < -0.39 is 10.0 Å². The topological polar surface area (TPSA) is 119 Å². The molecule has 4 rings (SSSR count). The molecule has 168 valence electrons. The Bertz CT molecular complexity index is 1190. The van der Waals surface area contributed by atoms with Gasteiger partial charge in [-0.3, -0.25) is 4.79 Å². The first-order valence-corrected chi connectivity index (χ1v) is 11.7.